The van der Waals surface area contributed by atoms with E-state index >= 15 is 0 Å². The largest absolute Gasteiger partial charge is 0.369 e. The van der Waals surface area contributed by atoms with Gasteiger partial charge in [-0.3, -0.25) is 4.79 Å². The molecule has 1 atom stereocenters. The Balaban J connectivity index is 1.81. The number of likely N-dealkylation sites (N-methyl/N-ethyl adjacent to an activating group) is 1. The molecule has 4 nitrogen and oxygen atoms in total. The lowest BCUT2D eigenvalue weighted by molar-refractivity contribution is -0.119. The second-order valence-electron chi connectivity index (χ2n) is 6.35. The van der Waals surface area contributed by atoms with Crippen LogP contribution >= 0.6 is 0 Å². The zero-order chi connectivity index (χ0) is 14.8. The van der Waals surface area contributed by atoms with E-state index in [2.05, 4.69) is 40.4 Å². The second kappa shape index (κ2) is 6.06. The molecule has 1 aromatic carbocycles. The lowest BCUT2D eigenvalue weighted by Gasteiger charge is -2.37. The van der Waals surface area contributed by atoms with Crippen molar-refractivity contribution < 1.29 is 4.79 Å². The minimum atomic E-state index is 0.0838. The van der Waals surface area contributed by atoms with Gasteiger partial charge in [0.25, 0.3) is 0 Å². The Kier molecular flexibility index (Phi) is 4.15. The predicted octanol–water partition coefficient (Wildman–Crippen LogP) is 1.43. The zero-order valence-corrected chi connectivity index (χ0v) is 13.1. The fourth-order valence-electron chi connectivity index (χ4n) is 3.52. The van der Waals surface area contributed by atoms with E-state index in [0.717, 1.165) is 45.4 Å². The highest BCUT2D eigenvalue weighted by atomic mass is 16.1. The van der Waals surface area contributed by atoms with Gasteiger partial charge in [-0.25, -0.2) is 0 Å². The summed E-state index contributed by atoms with van der Waals surface area (Å²) in [5, 5.41) is 3.09. The molecule has 114 valence electrons. The summed E-state index contributed by atoms with van der Waals surface area (Å²) in [6.45, 7) is 6.05. The molecule has 4 heteroatoms. The summed E-state index contributed by atoms with van der Waals surface area (Å²) in [6, 6.07) is 6.98. The van der Waals surface area contributed by atoms with Crippen molar-refractivity contribution in [1.82, 2.24) is 10.2 Å². The third-order valence-electron chi connectivity index (χ3n) is 4.71. The van der Waals surface area contributed by atoms with Gasteiger partial charge in [0.1, 0.15) is 0 Å². The average molecular weight is 287 g/mol. The van der Waals surface area contributed by atoms with Crippen LogP contribution in [0.4, 0.5) is 5.69 Å². The number of carbonyl (C=O) groups is 1. The van der Waals surface area contributed by atoms with E-state index in [0.29, 0.717) is 6.04 Å². The number of fused-ring (bicyclic) bond motifs is 1. The molecule has 0 saturated carbocycles. The van der Waals surface area contributed by atoms with Crippen LogP contribution in [0.5, 0.6) is 0 Å². The van der Waals surface area contributed by atoms with Gasteiger partial charge in [-0.1, -0.05) is 12.1 Å². The molecule has 3 rings (SSSR count). The topological polar surface area (TPSA) is 35.6 Å². The quantitative estimate of drug-likeness (QED) is 0.894. The maximum Gasteiger partial charge on any atom is 0.217 e. The van der Waals surface area contributed by atoms with Crippen molar-refractivity contribution in [3.63, 3.8) is 0 Å². The fraction of sp³-hybridized carbons (Fsp3) is 0.588. The standard InChI is InChI=1S/C17H25N3O/c1-13(21)18-15-7-6-14-4-3-5-17(16(14)12-15)20-10-8-19(2)9-11-20/h3-5,15H,6-12H2,1-2H3,(H,18,21)/t15-/m1/s1. The molecule has 0 aromatic heterocycles. The van der Waals surface area contributed by atoms with Crippen LogP contribution in [0, 0.1) is 0 Å². The Hall–Kier alpha value is -1.55. The molecular weight excluding hydrogens is 262 g/mol. The van der Waals surface area contributed by atoms with Crippen molar-refractivity contribution in [2.24, 2.45) is 0 Å². The van der Waals surface area contributed by atoms with E-state index < -0.39 is 0 Å². The molecular formula is C17H25N3O. The van der Waals surface area contributed by atoms with Crippen molar-refractivity contribution in [3.8, 4) is 0 Å². The first kappa shape index (κ1) is 14.4. The van der Waals surface area contributed by atoms with Gasteiger partial charge in [0.05, 0.1) is 0 Å². The lowest BCUT2D eigenvalue weighted by Crippen LogP contribution is -2.45. The summed E-state index contributed by atoms with van der Waals surface area (Å²) in [6.07, 6.45) is 3.10. The molecule has 1 fully saturated rings. The summed E-state index contributed by atoms with van der Waals surface area (Å²) >= 11 is 0. The maximum atomic E-state index is 11.3. The summed E-state index contributed by atoms with van der Waals surface area (Å²) in [4.78, 5) is 16.2. The van der Waals surface area contributed by atoms with E-state index in [9.17, 15) is 4.79 Å². The summed E-state index contributed by atoms with van der Waals surface area (Å²) < 4.78 is 0. The van der Waals surface area contributed by atoms with Crippen LogP contribution in [0.1, 0.15) is 24.5 Å². The zero-order valence-electron chi connectivity index (χ0n) is 13.1. The monoisotopic (exact) mass is 287 g/mol. The molecule has 1 aromatic rings. The highest BCUT2D eigenvalue weighted by Gasteiger charge is 2.24. The Morgan fingerprint density at radius 1 is 1.24 bits per heavy atom. The molecule has 0 radical (unpaired) electrons. The van der Waals surface area contributed by atoms with Crippen molar-refractivity contribution in [2.45, 2.75) is 32.2 Å². The molecule has 1 aliphatic carbocycles. The van der Waals surface area contributed by atoms with Crippen molar-refractivity contribution in [1.29, 1.82) is 0 Å². The molecule has 1 saturated heterocycles. The number of hydrogen-bond acceptors (Lipinski definition) is 3. The Labute approximate surface area is 127 Å². The van der Waals surface area contributed by atoms with Crippen molar-refractivity contribution in [2.75, 3.05) is 38.1 Å². The molecule has 1 N–H and O–H groups in total. The lowest BCUT2D eigenvalue weighted by atomic mass is 9.86. The minimum Gasteiger partial charge on any atom is -0.369 e. The number of aryl methyl sites for hydroxylation is 1. The van der Waals surface area contributed by atoms with E-state index in [-0.39, 0.29) is 5.91 Å². The van der Waals surface area contributed by atoms with Crippen LogP contribution in [-0.4, -0.2) is 50.1 Å². The first-order chi connectivity index (χ1) is 10.1. The van der Waals surface area contributed by atoms with E-state index in [1.807, 2.05) is 0 Å². The number of benzene rings is 1. The molecule has 1 aliphatic heterocycles. The molecule has 21 heavy (non-hydrogen) atoms. The highest BCUT2D eigenvalue weighted by Crippen LogP contribution is 2.31. The SMILES string of the molecule is CC(=O)N[C@@H]1CCc2cccc(N3CCN(C)CC3)c2C1. The first-order valence-corrected chi connectivity index (χ1v) is 7.95. The number of rotatable bonds is 2. The average Bonchev–Trinajstić information content (AvgIpc) is 2.47. The Bertz CT molecular complexity index is 521. The number of anilines is 1. The smallest absolute Gasteiger partial charge is 0.217 e. The van der Waals surface area contributed by atoms with Gasteiger partial charge in [-0.05, 0) is 43.5 Å². The number of nitrogens with zero attached hydrogens (tertiary/aromatic N) is 2. The van der Waals surface area contributed by atoms with Crippen LogP contribution in [-0.2, 0) is 17.6 Å². The number of piperazine rings is 1. The maximum absolute atomic E-state index is 11.3. The summed E-state index contributed by atoms with van der Waals surface area (Å²) in [5.74, 6) is 0.0838. The van der Waals surface area contributed by atoms with E-state index in [1.165, 1.54) is 16.8 Å². The third-order valence-corrected chi connectivity index (χ3v) is 4.71. The molecule has 2 aliphatic rings. The van der Waals surface area contributed by atoms with Gasteiger partial charge < -0.3 is 15.1 Å². The highest BCUT2D eigenvalue weighted by molar-refractivity contribution is 5.73. The number of nitrogens with one attached hydrogen (secondary N) is 1. The Morgan fingerprint density at radius 2 is 2.00 bits per heavy atom. The molecule has 1 amide bonds. The van der Waals surface area contributed by atoms with Crippen molar-refractivity contribution in [3.05, 3.63) is 29.3 Å². The third kappa shape index (κ3) is 3.21. The van der Waals surface area contributed by atoms with E-state index in [1.54, 1.807) is 6.92 Å². The van der Waals surface area contributed by atoms with Crippen LogP contribution in [0.15, 0.2) is 18.2 Å². The van der Waals surface area contributed by atoms with Crippen LogP contribution in [0.25, 0.3) is 0 Å². The molecule has 0 unspecified atom stereocenters. The number of amides is 1. The van der Waals surface area contributed by atoms with E-state index in [4.69, 9.17) is 0 Å². The molecule has 0 bridgehead atoms. The summed E-state index contributed by atoms with van der Waals surface area (Å²) in [7, 11) is 2.19. The van der Waals surface area contributed by atoms with Gasteiger partial charge in [0, 0.05) is 44.8 Å². The molecule has 0 spiro atoms. The van der Waals surface area contributed by atoms with Crippen molar-refractivity contribution >= 4 is 11.6 Å². The number of hydrogen-bond donors (Lipinski definition) is 1. The first-order valence-electron chi connectivity index (χ1n) is 7.95. The summed E-state index contributed by atoms with van der Waals surface area (Å²) in [5.41, 5.74) is 4.30. The van der Waals surface area contributed by atoms with Gasteiger partial charge >= 0.3 is 0 Å². The van der Waals surface area contributed by atoms with Gasteiger partial charge in [0.2, 0.25) is 5.91 Å². The second-order valence-corrected chi connectivity index (χ2v) is 6.35. The Morgan fingerprint density at radius 3 is 2.71 bits per heavy atom. The van der Waals surface area contributed by atoms with Crippen LogP contribution in [0.3, 0.4) is 0 Å². The fourth-order valence-corrected chi connectivity index (χ4v) is 3.52. The van der Waals surface area contributed by atoms with Gasteiger partial charge in [0.15, 0.2) is 0 Å². The molecule has 1 heterocycles. The van der Waals surface area contributed by atoms with Crippen LogP contribution < -0.4 is 10.2 Å². The van der Waals surface area contributed by atoms with Gasteiger partial charge in [-0.15, -0.1) is 0 Å². The van der Waals surface area contributed by atoms with Crippen LogP contribution in [0.2, 0.25) is 0 Å². The predicted molar refractivity (Wildman–Crippen MR) is 85.8 cm³/mol. The van der Waals surface area contributed by atoms with Gasteiger partial charge in [-0.2, -0.15) is 0 Å². The number of carbonyl (C=O) groups excluding carboxylic acids is 1. The normalized spacial score (nSPS) is 22.8. The minimum absolute atomic E-state index is 0.0838.